The molecule has 3 rings (SSSR count). The number of aromatic hydroxyl groups is 1. The van der Waals surface area contributed by atoms with E-state index in [9.17, 15) is 5.11 Å². The van der Waals surface area contributed by atoms with Crippen molar-refractivity contribution in [2.45, 2.75) is 0 Å². The van der Waals surface area contributed by atoms with E-state index in [4.69, 9.17) is 5.73 Å². The summed E-state index contributed by atoms with van der Waals surface area (Å²) in [6.07, 6.45) is 3.17. The van der Waals surface area contributed by atoms with Crippen molar-refractivity contribution in [1.82, 2.24) is 19.9 Å². The third-order valence-electron chi connectivity index (χ3n) is 2.37. The molecule has 8 heteroatoms. The molecule has 0 saturated carbocycles. The molecule has 0 aliphatic heterocycles. The van der Waals surface area contributed by atoms with Gasteiger partial charge in [-0.2, -0.15) is 4.98 Å². The van der Waals surface area contributed by atoms with E-state index in [0.29, 0.717) is 22.9 Å². The summed E-state index contributed by atoms with van der Waals surface area (Å²) in [5.74, 6) is 0.218. The monoisotopic (exact) mass is 351 g/mol. The van der Waals surface area contributed by atoms with Gasteiger partial charge in [0.05, 0.1) is 0 Å². The van der Waals surface area contributed by atoms with Gasteiger partial charge in [0.1, 0.15) is 16.4 Å². The lowest BCUT2D eigenvalue weighted by molar-refractivity contribution is 0.452. The third-order valence-corrected chi connectivity index (χ3v) is 3.16. The fourth-order valence-corrected chi connectivity index (χ4v) is 2.20. The first-order valence-electron chi connectivity index (χ1n) is 5.42. The molecule has 0 aliphatic rings. The van der Waals surface area contributed by atoms with Crippen molar-refractivity contribution in [3.63, 3.8) is 0 Å². The number of anilines is 1. The van der Waals surface area contributed by atoms with Gasteiger partial charge in [-0.1, -0.05) is 0 Å². The van der Waals surface area contributed by atoms with Crippen molar-refractivity contribution in [2.75, 3.05) is 5.73 Å². The number of nitrogens with zero attached hydrogens (tertiary/aromatic N) is 4. The number of thiazole rings is 1. The fraction of sp³-hybridized carbons (Fsp3) is 0. The SMILES string of the molecule is Br.Nc1cc(-c2nccc(O)n2)nc(-c2nccs2)c1. The highest BCUT2D eigenvalue weighted by molar-refractivity contribution is 8.93. The summed E-state index contributed by atoms with van der Waals surface area (Å²) in [5.41, 5.74) is 7.57. The van der Waals surface area contributed by atoms with Gasteiger partial charge in [0, 0.05) is 29.5 Å². The molecule has 0 amide bonds. The number of nitrogens with two attached hydrogens (primary N) is 1. The van der Waals surface area contributed by atoms with Crippen LogP contribution in [0.3, 0.4) is 0 Å². The Bertz CT molecular complexity index is 720. The number of aromatic nitrogens is 4. The van der Waals surface area contributed by atoms with Crippen LogP contribution in [0, 0.1) is 0 Å². The zero-order valence-electron chi connectivity index (χ0n) is 10.1. The molecule has 0 atom stereocenters. The Hall–Kier alpha value is -2.06. The lowest BCUT2D eigenvalue weighted by Gasteiger charge is -2.04. The Morgan fingerprint density at radius 3 is 2.55 bits per heavy atom. The Morgan fingerprint density at radius 1 is 1.05 bits per heavy atom. The van der Waals surface area contributed by atoms with Gasteiger partial charge in [-0.15, -0.1) is 28.3 Å². The molecule has 3 heterocycles. The van der Waals surface area contributed by atoms with Crippen LogP contribution < -0.4 is 5.73 Å². The molecule has 0 aromatic carbocycles. The largest absolute Gasteiger partial charge is 0.493 e. The van der Waals surface area contributed by atoms with E-state index in [1.165, 1.54) is 23.6 Å². The van der Waals surface area contributed by atoms with E-state index in [-0.39, 0.29) is 22.9 Å². The summed E-state index contributed by atoms with van der Waals surface area (Å²) in [6, 6.07) is 4.80. The van der Waals surface area contributed by atoms with E-state index in [1.54, 1.807) is 18.3 Å². The maximum Gasteiger partial charge on any atom is 0.214 e. The summed E-state index contributed by atoms with van der Waals surface area (Å²) in [4.78, 5) is 16.6. The first kappa shape index (κ1) is 14.4. The molecule has 0 saturated heterocycles. The number of hydrogen-bond acceptors (Lipinski definition) is 7. The summed E-state index contributed by atoms with van der Waals surface area (Å²) in [5, 5.41) is 12.0. The van der Waals surface area contributed by atoms with E-state index in [1.807, 2.05) is 5.38 Å². The topological polar surface area (TPSA) is 97.8 Å². The van der Waals surface area contributed by atoms with E-state index in [2.05, 4.69) is 19.9 Å². The average Bonchev–Trinajstić information content (AvgIpc) is 2.92. The Labute approximate surface area is 129 Å². The van der Waals surface area contributed by atoms with Gasteiger partial charge in [-0.05, 0) is 12.1 Å². The lowest BCUT2D eigenvalue weighted by atomic mass is 10.2. The standard InChI is InChI=1S/C12H9N5OS.BrH/c13-7-5-8(11-14-2-1-10(18)17-11)16-9(6-7)12-15-3-4-19-12;/h1-6H,(H2,13,16)(H,14,17,18);1H. The Morgan fingerprint density at radius 2 is 1.85 bits per heavy atom. The number of halogens is 1. The molecule has 0 radical (unpaired) electrons. The van der Waals surface area contributed by atoms with Crippen molar-refractivity contribution < 1.29 is 5.11 Å². The molecule has 0 aliphatic carbocycles. The molecule has 0 unspecified atom stereocenters. The molecule has 3 aromatic rings. The predicted octanol–water partition coefficient (Wildman–Crippen LogP) is 2.53. The van der Waals surface area contributed by atoms with Crippen molar-refractivity contribution in [3.05, 3.63) is 36.0 Å². The lowest BCUT2D eigenvalue weighted by Crippen LogP contribution is -1.96. The molecule has 102 valence electrons. The van der Waals surface area contributed by atoms with Crippen LogP contribution in [-0.4, -0.2) is 25.0 Å². The highest BCUT2D eigenvalue weighted by Gasteiger charge is 2.09. The Balaban J connectivity index is 0.00000147. The van der Waals surface area contributed by atoms with Gasteiger partial charge >= 0.3 is 0 Å². The first-order valence-corrected chi connectivity index (χ1v) is 6.30. The molecule has 0 fully saturated rings. The summed E-state index contributed by atoms with van der Waals surface area (Å²) >= 11 is 1.47. The summed E-state index contributed by atoms with van der Waals surface area (Å²) in [7, 11) is 0. The second-order valence-electron chi connectivity index (χ2n) is 3.75. The molecule has 3 N–H and O–H groups in total. The van der Waals surface area contributed by atoms with Gasteiger partial charge in [-0.3, -0.25) is 0 Å². The van der Waals surface area contributed by atoms with Crippen LogP contribution in [0.25, 0.3) is 22.2 Å². The number of rotatable bonds is 2. The predicted molar refractivity (Wildman–Crippen MR) is 82.8 cm³/mol. The minimum atomic E-state index is -0.106. The minimum Gasteiger partial charge on any atom is -0.493 e. The van der Waals surface area contributed by atoms with Crippen molar-refractivity contribution >= 4 is 34.0 Å². The Kier molecular flexibility index (Phi) is 4.26. The smallest absolute Gasteiger partial charge is 0.214 e. The summed E-state index contributed by atoms with van der Waals surface area (Å²) < 4.78 is 0. The van der Waals surface area contributed by atoms with Gasteiger partial charge in [0.15, 0.2) is 5.82 Å². The van der Waals surface area contributed by atoms with Crippen molar-refractivity contribution in [1.29, 1.82) is 0 Å². The van der Waals surface area contributed by atoms with Gasteiger partial charge in [0.2, 0.25) is 5.88 Å². The van der Waals surface area contributed by atoms with Crippen molar-refractivity contribution in [2.24, 2.45) is 0 Å². The van der Waals surface area contributed by atoms with Gasteiger partial charge in [0.25, 0.3) is 0 Å². The molecule has 0 bridgehead atoms. The average molecular weight is 352 g/mol. The molecule has 0 spiro atoms. The van der Waals surface area contributed by atoms with Crippen LogP contribution >= 0.6 is 28.3 Å². The van der Waals surface area contributed by atoms with Crippen LogP contribution in [0.4, 0.5) is 5.69 Å². The molecule has 20 heavy (non-hydrogen) atoms. The maximum absolute atomic E-state index is 9.38. The second kappa shape index (κ2) is 5.93. The normalized spacial score (nSPS) is 10.0. The fourth-order valence-electron chi connectivity index (χ4n) is 1.60. The van der Waals surface area contributed by atoms with Gasteiger partial charge < -0.3 is 10.8 Å². The second-order valence-corrected chi connectivity index (χ2v) is 4.64. The minimum absolute atomic E-state index is 0. The molecular formula is C12H10BrN5OS. The summed E-state index contributed by atoms with van der Waals surface area (Å²) in [6.45, 7) is 0. The van der Waals surface area contributed by atoms with Gasteiger partial charge in [-0.25, -0.2) is 15.0 Å². The van der Waals surface area contributed by atoms with Crippen LogP contribution in [0.15, 0.2) is 36.0 Å². The number of hydrogen-bond donors (Lipinski definition) is 2. The van der Waals surface area contributed by atoms with Crippen LogP contribution in [0.5, 0.6) is 5.88 Å². The van der Waals surface area contributed by atoms with E-state index >= 15 is 0 Å². The molecule has 6 nitrogen and oxygen atoms in total. The molecular weight excluding hydrogens is 342 g/mol. The van der Waals surface area contributed by atoms with Crippen LogP contribution in [-0.2, 0) is 0 Å². The highest BCUT2D eigenvalue weighted by Crippen LogP contribution is 2.25. The number of nitrogen functional groups attached to an aromatic ring is 1. The molecule has 3 aromatic heterocycles. The maximum atomic E-state index is 9.38. The van der Waals surface area contributed by atoms with Crippen LogP contribution in [0.2, 0.25) is 0 Å². The first-order chi connectivity index (χ1) is 9.22. The quantitative estimate of drug-likeness (QED) is 0.736. The van der Waals surface area contributed by atoms with E-state index < -0.39 is 0 Å². The zero-order valence-corrected chi connectivity index (χ0v) is 12.6. The van der Waals surface area contributed by atoms with Crippen LogP contribution in [0.1, 0.15) is 0 Å². The zero-order chi connectivity index (χ0) is 13.2. The van der Waals surface area contributed by atoms with E-state index in [0.717, 1.165) is 5.01 Å². The van der Waals surface area contributed by atoms with Crippen molar-refractivity contribution in [3.8, 4) is 28.1 Å². The highest BCUT2D eigenvalue weighted by atomic mass is 79.9. The third kappa shape index (κ3) is 2.91. The number of pyridine rings is 1.